The molecule has 0 aliphatic carbocycles. The van der Waals surface area contributed by atoms with Gasteiger partial charge in [0, 0.05) is 24.8 Å². The van der Waals surface area contributed by atoms with Gasteiger partial charge in [0.25, 0.3) is 0 Å². The number of likely N-dealkylation sites (tertiary alicyclic amines) is 1. The molecule has 1 aromatic heterocycles. The molecular weight excluding hydrogens is 210 g/mol. The molecule has 2 unspecified atom stereocenters. The maximum Gasteiger partial charge on any atom is 0.0572 e. The standard InChI is InChI=1S/C14H23N3/c1-3-15-13-7-6-10-17(11-13)12(2)14-8-4-5-9-16-14/h4-5,8-9,12-13,15H,3,6-7,10-11H2,1-2H3. The van der Waals surface area contributed by atoms with Gasteiger partial charge in [-0.25, -0.2) is 0 Å². The number of aromatic nitrogens is 1. The number of likely N-dealkylation sites (N-methyl/N-ethyl adjacent to an activating group) is 1. The highest BCUT2D eigenvalue weighted by atomic mass is 15.2. The quantitative estimate of drug-likeness (QED) is 0.864. The van der Waals surface area contributed by atoms with Crippen LogP contribution >= 0.6 is 0 Å². The molecule has 1 fully saturated rings. The topological polar surface area (TPSA) is 28.2 Å². The summed E-state index contributed by atoms with van der Waals surface area (Å²) in [6.07, 6.45) is 4.48. The van der Waals surface area contributed by atoms with Crippen LogP contribution in [0.3, 0.4) is 0 Å². The Balaban J connectivity index is 1.97. The van der Waals surface area contributed by atoms with Crippen LogP contribution in [0, 0.1) is 0 Å². The Hall–Kier alpha value is -0.930. The molecule has 0 spiro atoms. The second kappa shape index (κ2) is 6.12. The van der Waals surface area contributed by atoms with Crippen molar-refractivity contribution >= 4 is 0 Å². The maximum atomic E-state index is 4.46. The predicted molar refractivity (Wildman–Crippen MR) is 70.9 cm³/mol. The van der Waals surface area contributed by atoms with Crippen molar-refractivity contribution in [2.45, 2.75) is 38.8 Å². The molecule has 94 valence electrons. The van der Waals surface area contributed by atoms with E-state index in [1.807, 2.05) is 12.3 Å². The number of pyridine rings is 1. The fourth-order valence-corrected chi connectivity index (χ4v) is 2.62. The van der Waals surface area contributed by atoms with Gasteiger partial charge in [0.05, 0.1) is 5.69 Å². The van der Waals surface area contributed by atoms with Crippen LogP contribution in [0.25, 0.3) is 0 Å². The summed E-state index contributed by atoms with van der Waals surface area (Å²) in [4.78, 5) is 7.00. The molecule has 1 aromatic rings. The zero-order chi connectivity index (χ0) is 12.1. The number of hydrogen-bond acceptors (Lipinski definition) is 3. The maximum absolute atomic E-state index is 4.46. The summed E-state index contributed by atoms with van der Waals surface area (Å²) in [6.45, 7) is 7.85. The lowest BCUT2D eigenvalue weighted by Gasteiger charge is -2.36. The van der Waals surface area contributed by atoms with Crippen LogP contribution in [0.2, 0.25) is 0 Å². The zero-order valence-corrected chi connectivity index (χ0v) is 10.9. The lowest BCUT2D eigenvalue weighted by Crippen LogP contribution is -2.46. The van der Waals surface area contributed by atoms with Crippen LogP contribution in [-0.4, -0.2) is 35.6 Å². The van der Waals surface area contributed by atoms with E-state index in [1.54, 1.807) is 0 Å². The third-order valence-electron chi connectivity index (χ3n) is 3.61. The molecule has 1 saturated heterocycles. The first-order valence-electron chi connectivity index (χ1n) is 6.69. The van der Waals surface area contributed by atoms with Crippen molar-refractivity contribution in [1.82, 2.24) is 15.2 Å². The Kier molecular flexibility index (Phi) is 4.51. The van der Waals surface area contributed by atoms with Gasteiger partial charge in [-0.15, -0.1) is 0 Å². The predicted octanol–water partition coefficient (Wildman–Crippen LogP) is 2.22. The minimum Gasteiger partial charge on any atom is -0.313 e. The summed E-state index contributed by atoms with van der Waals surface area (Å²) in [7, 11) is 0. The third kappa shape index (κ3) is 3.27. The van der Waals surface area contributed by atoms with Gasteiger partial charge in [-0.2, -0.15) is 0 Å². The van der Waals surface area contributed by atoms with E-state index in [-0.39, 0.29) is 0 Å². The number of hydrogen-bond donors (Lipinski definition) is 1. The summed E-state index contributed by atoms with van der Waals surface area (Å²) in [5.41, 5.74) is 1.18. The molecular formula is C14H23N3. The van der Waals surface area contributed by atoms with Crippen LogP contribution in [-0.2, 0) is 0 Å². The Labute approximate surface area is 104 Å². The largest absolute Gasteiger partial charge is 0.313 e. The normalized spacial score (nSPS) is 23.5. The number of nitrogens with one attached hydrogen (secondary N) is 1. The van der Waals surface area contributed by atoms with E-state index < -0.39 is 0 Å². The Morgan fingerprint density at radius 3 is 3.12 bits per heavy atom. The van der Waals surface area contributed by atoms with Crippen LogP contribution < -0.4 is 5.32 Å². The number of rotatable bonds is 4. The molecule has 3 heteroatoms. The summed E-state index contributed by atoms with van der Waals surface area (Å²) >= 11 is 0. The minimum atomic E-state index is 0.428. The van der Waals surface area contributed by atoms with Gasteiger partial charge in [-0.3, -0.25) is 9.88 Å². The van der Waals surface area contributed by atoms with Crippen LogP contribution in [0.15, 0.2) is 24.4 Å². The molecule has 2 heterocycles. The average molecular weight is 233 g/mol. The molecule has 0 radical (unpaired) electrons. The number of piperidine rings is 1. The summed E-state index contributed by atoms with van der Waals surface area (Å²) in [5, 5.41) is 3.56. The number of nitrogens with zero attached hydrogens (tertiary/aromatic N) is 2. The van der Waals surface area contributed by atoms with E-state index in [2.05, 4.69) is 41.2 Å². The Morgan fingerprint density at radius 1 is 1.53 bits per heavy atom. The molecule has 2 atom stereocenters. The first-order chi connectivity index (χ1) is 8.31. The SMILES string of the molecule is CCNC1CCCN(C(C)c2ccccn2)C1. The molecule has 0 amide bonds. The smallest absolute Gasteiger partial charge is 0.0572 e. The fourth-order valence-electron chi connectivity index (χ4n) is 2.62. The molecule has 1 N–H and O–H groups in total. The highest BCUT2D eigenvalue weighted by Crippen LogP contribution is 2.22. The first-order valence-corrected chi connectivity index (χ1v) is 6.69. The van der Waals surface area contributed by atoms with Gasteiger partial charge in [0.15, 0.2) is 0 Å². The molecule has 1 aliphatic heterocycles. The first kappa shape index (κ1) is 12.5. The molecule has 2 rings (SSSR count). The molecule has 3 nitrogen and oxygen atoms in total. The van der Waals surface area contributed by atoms with E-state index in [9.17, 15) is 0 Å². The molecule has 0 aromatic carbocycles. The lowest BCUT2D eigenvalue weighted by molar-refractivity contribution is 0.144. The van der Waals surface area contributed by atoms with Crippen molar-refractivity contribution in [2.75, 3.05) is 19.6 Å². The fraction of sp³-hybridized carbons (Fsp3) is 0.643. The van der Waals surface area contributed by atoms with Crippen molar-refractivity contribution in [3.63, 3.8) is 0 Å². The van der Waals surface area contributed by atoms with Gasteiger partial charge in [-0.05, 0) is 45.0 Å². The summed E-state index contributed by atoms with van der Waals surface area (Å²) < 4.78 is 0. The summed E-state index contributed by atoms with van der Waals surface area (Å²) in [6, 6.07) is 7.26. The Bertz CT molecular complexity index is 323. The second-order valence-corrected chi connectivity index (χ2v) is 4.82. The summed E-state index contributed by atoms with van der Waals surface area (Å²) in [5.74, 6) is 0. The highest BCUT2D eigenvalue weighted by Gasteiger charge is 2.24. The van der Waals surface area contributed by atoms with Gasteiger partial charge in [-0.1, -0.05) is 13.0 Å². The van der Waals surface area contributed by atoms with Gasteiger partial charge in [0.1, 0.15) is 0 Å². The molecule has 0 saturated carbocycles. The van der Waals surface area contributed by atoms with Crippen LogP contribution in [0.5, 0.6) is 0 Å². The highest BCUT2D eigenvalue weighted by molar-refractivity contribution is 5.08. The van der Waals surface area contributed by atoms with Crippen molar-refractivity contribution in [2.24, 2.45) is 0 Å². The monoisotopic (exact) mass is 233 g/mol. The Morgan fingerprint density at radius 2 is 2.41 bits per heavy atom. The van der Waals surface area contributed by atoms with E-state index in [1.165, 1.54) is 25.1 Å². The lowest BCUT2D eigenvalue weighted by atomic mass is 10.0. The van der Waals surface area contributed by atoms with Crippen molar-refractivity contribution in [3.05, 3.63) is 30.1 Å². The van der Waals surface area contributed by atoms with E-state index in [0.29, 0.717) is 12.1 Å². The van der Waals surface area contributed by atoms with E-state index in [0.717, 1.165) is 13.1 Å². The van der Waals surface area contributed by atoms with Gasteiger partial charge >= 0.3 is 0 Å². The van der Waals surface area contributed by atoms with E-state index >= 15 is 0 Å². The second-order valence-electron chi connectivity index (χ2n) is 4.82. The average Bonchev–Trinajstić information content (AvgIpc) is 2.40. The molecule has 0 bridgehead atoms. The van der Waals surface area contributed by atoms with Crippen LogP contribution in [0.1, 0.15) is 38.4 Å². The van der Waals surface area contributed by atoms with Crippen molar-refractivity contribution < 1.29 is 0 Å². The molecule has 17 heavy (non-hydrogen) atoms. The molecule has 1 aliphatic rings. The van der Waals surface area contributed by atoms with Crippen LogP contribution in [0.4, 0.5) is 0 Å². The van der Waals surface area contributed by atoms with Gasteiger partial charge < -0.3 is 5.32 Å². The minimum absolute atomic E-state index is 0.428. The van der Waals surface area contributed by atoms with E-state index in [4.69, 9.17) is 0 Å². The third-order valence-corrected chi connectivity index (χ3v) is 3.61. The van der Waals surface area contributed by atoms with Crippen molar-refractivity contribution in [1.29, 1.82) is 0 Å². The van der Waals surface area contributed by atoms with Crippen molar-refractivity contribution in [3.8, 4) is 0 Å². The van der Waals surface area contributed by atoms with Gasteiger partial charge in [0.2, 0.25) is 0 Å². The zero-order valence-electron chi connectivity index (χ0n) is 10.9.